The third-order valence-electron chi connectivity index (χ3n) is 2.10. The Morgan fingerprint density at radius 3 is 2.56 bits per heavy atom. The molecule has 0 spiro atoms. The number of halogens is 1. The summed E-state index contributed by atoms with van der Waals surface area (Å²) in [7, 11) is 0. The summed E-state index contributed by atoms with van der Waals surface area (Å²) >= 11 is 3.17. The summed E-state index contributed by atoms with van der Waals surface area (Å²) in [5, 5.41) is 10.6. The van der Waals surface area contributed by atoms with Gasteiger partial charge in [0.15, 0.2) is 0 Å². The van der Waals surface area contributed by atoms with E-state index in [2.05, 4.69) is 20.9 Å². The van der Waals surface area contributed by atoms with Gasteiger partial charge in [-0.15, -0.1) is 0 Å². The standard InChI is InChI=1S/C11H8BrN3O3/c12-10-5-8(15(16)17)6-14-11(10)18-9-3-1-7(13)2-4-9/h1-6H,13H2. The minimum absolute atomic E-state index is 0.105. The van der Waals surface area contributed by atoms with Crippen molar-refractivity contribution in [2.24, 2.45) is 0 Å². The topological polar surface area (TPSA) is 91.3 Å². The summed E-state index contributed by atoms with van der Waals surface area (Å²) in [6.45, 7) is 0. The molecule has 0 atom stereocenters. The Bertz CT molecular complexity index is 587. The molecule has 0 unspecified atom stereocenters. The predicted molar refractivity (Wildman–Crippen MR) is 69.5 cm³/mol. The summed E-state index contributed by atoms with van der Waals surface area (Å²) in [4.78, 5) is 13.9. The van der Waals surface area contributed by atoms with E-state index >= 15 is 0 Å². The van der Waals surface area contributed by atoms with Crippen molar-refractivity contribution in [3.05, 3.63) is 51.1 Å². The monoisotopic (exact) mass is 309 g/mol. The maximum Gasteiger partial charge on any atom is 0.288 e. The Morgan fingerprint density at radius 2 is 2.00 bits per heavy atom. The van der Waals surface area contributed by atoms with Crippen molar-refractivity contribution < 1.29 is 9.66 Å². The van der Waals surface area contributed by atoms with Crippen molar-refractivity contribution in [1.29, 1.82) is 0 Å². The van der Waals surface area contributed by atoms with Gasteiger partial charge in [0, 0.05) is 11.8 Å². The molecule has 0 fully saturated rings. The maximum absolute atomic E-state index is 10.6. The lowest BCUT2D eigenvalue weighted by molar-refractivity contribution is -0.385. The molecule has 0 bridgehead atoms. The van der Waals surface area contributed by atoms with Crippen LogP contribution in [0.1, 0.15) is 0 Å². The van der Waals surface area contributed by atoms with Crippen LogP contribution in [0.3, 0.4) is 0 Å². The molecule has 0 aliphatic carbocycles. The molecule has 7 heteroatoms. The van der Waals surface area contributed by atoms with E-state index in [9.17, 15) is 10.1 Å². The zero-order chi connectivity index (χ0) is 13.1. The number of aromatic nitrogens is 1. The van der Waals surface area contributed by atoms with Gasteiger partial charge in [-0.3, -0.25) is 10.1 Å². The Morgan fingerprint density at radius 1 is 1.33 bits per heavy atom. The van der Waals surface area contributed by atoms with Crippen LogP contribution in [0.15, 0.2) is 41.0 Å². The van der Waals surface area contributed by atoms with Crippen LogP contribution in [0.5, 0.6) is 11.6 Å². The van der Waals surface area contributed by atoms with Crippen LogP contribution in [0.2, 0.25) is 0 Å². The lowest BCUT2D eigenvalue weighted by Crippen LogP contribution is -1.93. The first-order valence-corrected chi connectivity index (χ1v) is 5.69. The molecule has 2 aromatic rings. The summed E-state index contributed by atoms with van der Waals surface area (Å²) < 4.78 is 5.87. The second-order valence-corrected chi connectivity index (χ2v) is 4.26. The van der Waals surface area contributed by atoms with Crippen LogP contribution >= 0.6 is 15.9 Å². The fourth-order valence-corrected chi connectivity index (χ4v) is 1.66. The summed E-state index contributed by atoms with van der Waals surface area (Å²) in [6.07, 6.45) is 1.14. The van der Waals surface area contributed by atoms with Gasteiger partial charge in [-0.1, -0.05) is 0 Å². The Kier molecular flexibility index (Phi) is 3.42. The lowest BCUT2D eigenvalue weighted by Gasteiger charge is -2.06. The molecule has 1 aromatic carbocycles. The van der Waals surface area contributed by atoms with Gasteiger partial charge in [-0.25, -0.2) is 4.98 Å². The molecule has 2 rings (SSSR count). The van der Waals surface area contributed by atoms with Crippen LogP contribution < -0.4 is 10.5 Å². The third-order valence-corrected chi connectivity index (χ3v) is 2.67. The van der Waals surface area contributed by atoms with Crippen LogP contribution in [0, 0.1) is 10.1 Å². The highest BCUT2D eigenvalue weighted by atomic mass is 79.9. The molecule has 18 heavy (non-hydrogen) atoms. The van der Waals surface area contributed by atoms with Gasteiger partial charge in [0.1, 0.15) is 11.9 Å². The molecular weight excluding hydrogens is 302 g/mol. The first kappa shape index (κ1) is 12.3. The Hall–Kier alpha value is -2.15. The van der Waals surface area contributed by atoms with Gasteiger partial charge in [0.25, 0.3) is 5.69 Å². The number of nitrogens with two attached hydrogens (primary N) is 1. The number of hydrogen-bond donors (Lipinski definition) is 1. The van der Waals surface area contributed by atoms with Crippen molar-refractivity contribution in [3.63, 3.8) is 0 Å². The number of nitrogen functional groups attached to an aromatic ring is 1. The molecule has 0 aliphatic heterocycles. The average molecular weight is 310 g/mol. The van der Waals surface area contributed by atoms with Gasteiger partial charge in [-0.05, 0) is 40.2 Å². The molecule has 92 valence electrons. The minimum Gasteiger partial charge on any atom is -0.438 e. The van der Waals surface area contributed by atoms with Crippen LogP contribution in [0.4, 0.5) is 11.4 Å². The molecule has 0 saturated carbocycles. The highest BCUT2D eigenvalue weighted by molar-refractivity contribution is 9.10. The average Bonchev–Trinajstić information content (AvgIpc) is 2.34. The first-order valence-electron chi connectivity index (χ1n) is 4.89. The van der Waals surface area contributed by atoms with Gasteiger partial charge in [-0.2, -0.15) is 0 Å². The number of hydrogen-bond acceptors (Lipinski definition) is 5. The molecule has 2 N–H and O–H groups in total. The van der Waals surface area contributed by atoms with Crippen molar-refractivity contribution in [3.8, 4) is 11.6 Å². The number of ether oxygens (including phenoxy) is 1. The number of nitrogens with zero attached hydrogens (tertiary/aromatic N) is 2. The molecule has 1 aromatic heterocycles. The Balaban J connectivity index is 2.24. The third kappa shape index (κ3) is 2.75. The largest absolute Gasteiger partial charge is 0.438 e. The van der Waals surface area contributed by atoms with Crippen LogP contribution in [-0.4, -0.2) is 9.91 Å². The van der Waals surface area contributed by atoms with Crippen LogP contribution in [-0.2, 0) is 0 Å². The number of rotatable bonds is 3. The zero-order valence-electron chi connectivity index (χ0n) is 9.04. The van der Waals surface area contributed by atoms with E-state index in [1.807, 2.05) is 0 Å². The SMILES string of the molecule is Nc1ccc(Oc2ncc([N+](=O)[O-])cc2Br)cc1. The number of pyridine rings is 1. The van der Waals surface area contributed by atoms with Gasteiger partial charge < -0.3 is 10.5 Å². The van der Waals surface area contributed by atoms with E-state index in [1.165, 1.54) is 6.07 Å². The molecule has 1 heterocycles. The second kappa shape index (κ2) is 5.01. The highest BCUT2D eigenvalue weighted by Crippen LogP contribution is 2.30. The summed E-state index contributed by atoms with van der Waals surface area (Å²) in [5.41, 5.74) is 6.07. The van der Waals surface area contributed by atoms with Crippen molar-refractivity contribution in [2.45, 2.75) is 0 Å². The minimum atomic E-state index is -0.523. The van der Waals surface area contributed by atoms with Gasteiger partial charge >= 0.3 is 0 Å². The molecule has 0 saturated heterocycles. The van der Waals surface area contributed by atoms with Crippen molar-refractivity contribution in [2.75, 3.05) is 5.73 Å². The fourth-order valence-electron chi connectivity index (χ4n) is 1.24. The van der Waals surface area contributed by atoms with E-state index in [0.717, 1.165) is 6.20 Å². The number of benzene rings is 1. The molecule has 0 aliphatic rings. The fraction of sp³-hybridized carbons (Fsp3) is 0. The zero-order valence-corrected chi connectivity index (χ0v) is 10.6. The number of anilines is 1. The predicted octanol–water partition coefficient (Wildman–Crippen LogP) is 3.13. The summed E-state index contributed by atoms with van der Waals surface area (Å²) in [6, 6.07) is 8.08. The molecule has 0 radical (unpaired) electrons. The van der Waals surface area contributed by atoms with E-state index in [1.54, 1.807) is 24.3 Å². The highest BCUT2D eigenvalue weighted by Gasteiger charge is 2.12. The maximum atomic E-state index is 10.6. The smallest absolute Gasteiger partial charge is 0.288 e. The van der Waals surface area contributed by atoms with E-state index < -0.39 is 4.92 Å². The van der Waals surface area contributed by atoms with Gasteiger partial charge in [0.2, 0.25) is 5.88 Å². The van der Waals surface area contributed by atoms with E-state index in [0.29, 0.717) is 15.9 Å². The van der Waals surface area contributed by atoms with E-state index in [4.69, 9.17) is 10.5 Å². The van der Waals surface area contributed by atoms with Crippen molar-refractivity contribution in [1.82, 2.24) is 4.98 Å². The lowest BCUT2D eigenvalue weighted by atomic mass is 10.3. The molecule has 6 nitrogen and oxygen atoms in total. The summed E-state index contributed by atoms with van der Waals surface area (Å²) in [5.74, 6) is 0.802. The van der Waals surface area contributed by atoms with Gasteiger partial charge in [0.05, 0.1) is 9.40 Å². The van der Waals surface area contributed by atoms with E-state index in [-0.39, 0.29) is 11.6 Å². The first-order chi connectivity index (χ1) is 8.56. The second-order valence-electron chi connectivity index (χ2n) is 3.41. The number of nitro groups is 1. The quantitative estimate of drug-likeness (QED) is 0.534. The normalized spacial score (nSPS) is 10.1. The van der Waals surface area contributed by atoms with Crippen molar-refractivity contribution >= 4 is 27.3 Å². The Labute approximate surface area is 111 Å². The molecule has 0 amide bonds. The van der Waals surface area contributed by atoms with Crippen LogP contribution in [0.25, 0.3) is 0 Å². The molecular formula is C11H8BrN3O3.